The third-order valence-electron chi connectivity index (χ3n) is 2.52. The third kappa shape index (κ3) is 4.81. The molecule has 0 fully saturated rings. The van der Waals surface area contributed by atoms with E-state index in [-0.39, 0.29) is 92.3 Å². The van der Waals surface area contributed by atoms with E-state index in [1.165, 1.54) is 13.8 Å². The van der Waals surface area contributed by atoms with Crippen LogP contribution in [0.15, 0.2) is 11.0 Å². The fourth-order valence-electron chi connectivity index (χ4n) is 1.70. The molecule has 3 N–H and O–H groups in total. The summed E-state index contributed by atoms with van der Waals surface area (Å²) in [5.74, 6) is -2.93. The molecule has 0 spiro atoms. The van der Waals surface area contributed by atoms with Crippen LogP contribution < -0.4 is 0 Å². The van der Waals surface area contributed by atoms with E-state index < -0.39 is 38.1 Å². The fourth-order valence-corrected chi connectivity index (χ4v) is 2.45. The summed E-state index contributed by atoms with van der Waals surface area (Å²) in [6.45, 7) is 2.44. The van der Waals surface area contributed by atoms with Crippen molar-refractivity contribution in [2.75, 3.05) is 0 Å². The molecule has 0 saturated carbocycles. The SMILES string of the molecule is Cc1c(C(=O)O)cc(S(=O)(=O)O)c(C)c1C(=O)O.[Ca+2].[Ca+2].[H-].[H-].[H-].[H-]. The standard InChI is InChI=1S/C10H10O7S.2Ca.4H/c1-4-6(9(11)12)3-7(18(15,16)17)5(2)8(4)10(13)14;;;;;;/h3H,1-2H3,(H,11,12)(H,13,14)(H,15,16,17);;;;;;/q;2*+2;4*-1. The molecule has 106 valence electrons. The van der Waals surface area contributed by atoms with E-state index in [0.29, 0.717) is 0 Å². The Hall–Kier alpha value is 0.589. The van der Waals surface area contributed by atoms with Gasteiger partial charge in [0.05, 0.1) is 16.0 Å². The summed E-state index contributed by atoms with van der Waals surface area (Å²) in [6.07, 6.45) is 0. The number of hydrogen-bond donors (Lipinski definition) is 3. The molecule has 0 radical (unpaired) electrons. The summed E-state index contributed by atoms with van der Waals surface area (Å²) in [5.41, 5.74) is -1.19. The van der Waals surface area contributed by atoms with E-state index in [0.717, 1.165) is 6.07 Å². The average Bonchev–Trinajstić information content (AvgIpc) is 2.13. The van der Waals surface area contributed by atoms with Crippen LogP contribution in [0.1, 0.15) is 37.5 Å². The molecule has 0 aliphatic carbocycles. The van der Waals surface area contributed by atoms with E-state index in [1.807, 2.05) is 0 Å². The number of benzene rings is 1. The Morgan fingerprint density at radius 2 is 1.50 bits per heavy atom. The molecule has 7 nitrogen and oxygen atoms in total. The summed E-state index contributed by atoms with van der Waals surface area (Å²) in [5, 5.41) is 17.9. The second kappa shape index (κ2) is 8.28. The number of hydrogen-bond acceptors (Lipinski definition) is 4. The second-order valence-corrected chi connectivity index (χ2v) is 5.02. The largest absolute Gasteiger partial charge is 2.00 e. The molecule has 0 saturated heterocycles. The van der Waals surface area contributed by atoms with Gasteiger partial charge in [-0.25, -0.2) is 9.59 Å². The van der Waals surface area contributed by atoms with Crippen molar-refractivity contribution in [3.63, 3.8) is 0 Å². The first-order valence-electron chi connectivity index (χ1n) is 4.65. The molecule has 1 rings (SSSR count). The van der Waals surface area contributed by atoms with Crippen LogP contribution in [0.2, 0.25) is 0 Å². The van der Waals surface area contributed by atoms with Crippen molar-refractivity contribution < 1.29 is 38.5 Å². The maximum atomic E-state index is 11.1. The summed E-state index contributed by atoms with van der Waals surface area (Å²) >= 11 is 0. The van der Waals surface area contributed by atoms with Gasteiger partial charge in [-0.1, -0.05) is 0 Å². The molecule has 0 unspecified atom stereocenters. The van der Waals surface area contributed by atoms with Crippen molar-refractivity contribution in [2.45, 2.75) is 18.7 Å². The summed E-state index contributed by atoms with van der Waals surface area (Å²) in [7, 11) is -4.69. The van der Waals surface area contributed by atoms with Crippen LogP contribution in [0.4, 0.5) is 0 Å². The molecule has 0 aromatic heterocycles. The molecule has 0 aliphatic rings. The van der Waals surface area contributed by atoms with E-state index in [9.17, 15) is 18.0 Å². The third-order valence-corrected chi connectivity index (χ3v) is 3.50. The zero-order valence-electron chi connectivity index (χ0n) is 14.9. The van der Waals surface area contributed by atoms with Gasteiger partial charge in [-0.05, 0) is 31.0 Å². The van der Waals surface area contributed by atoms with Crippen LogP contribution in [0.5, 0.6) is 0 Å². The first kappa shape index (κ1) is 22.9. The van der Waals surface area contributed by atoms with Crippen LogP contribution in [0, 0.1) is 13.8 Å². The molecule has 0 aliphatic heterocycles. The van der Waals surface area contributed by atoms with Gasteiger partial charge >= 0.3 is 87.4 Å². The summed E-state index contributed by atoms with van der Waals surface area (Å²) in [4.78, 5) is 21.2. The molecule has 20 heavy (non-hydrogen) atoms. The van der Waals surface area contributed by atoms with Crippen molar-refractivity contribution >= 4 is 97.5 Å². The van der Waals surface area contributed by atoms with Crippen LogP contribution >= 0.6 is 0 Å². The average molecular weight is 358 g/mol. The normalized spacial score (nSPS) is 10.2. The van der Waals surface area contributed by atoms with Crippen LogP contribution in [-0.4, -0.2) is 111 Å². The van der Waals surface area contributed by atoms with Crippen LogP contribution in [0.25, 0.3) is 0 Å². The maximum absolute atomic E-state index is 11.1. The number of aromatic carboxylic acids is 2. The number of rotatable bonds is 3. The van der Waals surface area contributed by atoms with Crippen LogP contribution in [-0.2, 0) is 10.1 Å². The molecular weight excluding hydrogens is 344 g/mol. The fraction of sp³-hybridized carbons (Fsp3) is 0.200. The summed E-state index contributed by atoms with van der Waals surface area (Å²) < 4.78 is 31.1. The van der Waals surface area contributed by atoms with E-state index in [4.69, 9.17) is 14.8 Å². The van der Waals surface area contributed by atoms with Gasteiger partial charge in [0.15, 0.2) is 0 Å². The van der Waals surface area contributed by atoms with Gasteiger partial charge in [0.2, 0.25) is 0 Å². The Balaban J connectivity index is -0.000000135. The number of carboxylic acid groups (broad SMARTS) is 2. The molecule has 10 heteroatoms. The quantitative estimate of drug-likeness (QED) is 0.534. The van der Waals surface area contributed by atoms with Crippen molar-refractivity contribution in [1.82, 2.24) is 0 Å². The Labute approximate surface area is 181 Å². The predicted octanol–water partition coefficient (Wildman–Crippen LogP) is 0.635. The van der Waals surface area contributed by atoms with Crippen molar-refractivity contribution in [1.29, 1.82) is 0 Å². The first-order chi connectivity index (χ1) is 8.07. The summed E-state index contributed by atoms with van der Waals surface area (Å²) in [6, 6.07) is 0.745. The molecule has 0 atom stereocenters. The molecule has 1 aromatic carbocycles. The van der Waals surface area contributed by atoms with Crippen molar-refractivity contribution in [3.05, 3.63) is 28.3 Å². The monoisotopic (exact) mass is 358 g/mol. The molecular formula is C10H14Ca2O7S. The van der Waals surface area contributed by atoms with Gasteiger partial charge in [-0.3, -0.25) is 4.55 Å². The Bertz CT molecular complexity index is 668. The van der Waals surface area contributed by atoms with Crippen LogP contribution in [0.3, 0.4) is 0 Å². The van der Waals surface area contributed by atoms with Gasteiger partial charge < -0.3 is 15.9 Å². The Morgan fingerprint density at radius 3 is 1.80 bits per heavy atom. The molecule has 1 aromatic rings. The first-order valence-corrected chi connectivity index (χ1v) is 6.09. The minimum atomic E-state index is -4.69. The topological polar surface area (TPSA) is 129 Å². The van der Waals surface area contributed by atoms with E-state index in [2.05, 4.69) is 0 Å². The van der Waals surface area contributed by atoms with Gasteiger partial charge in [0, 0.05) is 0 Å². The van der Waals surface area contributed by atoms with Gasteiger partial charge in [-0.15, -0.1) is 0 Å². The zero-order valence-corrected chi connectivity index (χ0v) is 16.1. The zero-order chi connectivity index (χ0) is 14.2. The molecule has 0 bridgehead atoms. The molecule has 0 heterocycles. The Morgan fingerprint density at radius 1 is 1.05 bits per heavy atom. The minimum absolute atomic E-state index is 0. The smallest absolute Gasteiger partial charge is 1.00 e. The van der Waals surface area contributed by atoms with Gasteiger partial charge in [-0.2, -0.15) is 8.42 Å². The second-order valence-electron chi connectivity index (χ2n) is 3.63. The predicted molar refractivity (Wildman–Crippen MR) is 75.6 cm³/mol. The number of carboxylic acids is 2. The maximum Gasteiger partial charge on any atom is 2.00 e. The number of carbonyl (C=O) groups is 2. The van der Waals surface area contributed by atoms with Gasteiger partial charge in [0.25, 0.3) is 10.1 Å². The molecule has 0 amide bonds. The minimum Gasteiger partial charge on any atom is -1.00 e. The van der Waals surface area contributed by atoms with E-state index in [1.54, 1.807) is 0 Å². The Kier molecular flexibility index (Phi) is 9.47. The van der Waals surface area contributed by atoms with E-state index >= 15 is 0 Å². The van der Waals surface area contributed by atoms with Gasteiger partial charge in [0.1, 0.15) is 0 Å². The van der Waals surface area contributed by atoms with Crippen molar-refractivity contribution in [3.8, 4) is 0 Å². The van der Waals surface area contributed by atoms with Crippen molar-refractivity contribution in [2.24, 2.45) is 0 Å².